The Balaban J connectivity index is 2.38. The number of guanidine groups is 1. The molecule has 0 fully saturated rings. The monoisotopic (exact) mass is 1240 g/mol. The highest BCUT2D eigenvalue weighted by atomic mass is 16.3. The SMILES string of the molecule is CC(C)C[C@H](NC(=O)[C@H](Cc1ccccc1)NC(=O)[C@H](CC(N)=O)NC(=O)[C@H](C)NC(=O)[C@H](CC(C)C)NC(=O)[C@@H](N)CCCNC(=N)N)C(=O)N[C@H](C(=O)N[C@@H](Cc1c[nH]cn1)C(=O)N[C@@H](CO)C(=O)N[C@@H](CO)C(=O)N[C@H]([C]=O)CC(N)=O)C(C)C. The Morgan fingerprint density at radius 1 is 0.557 bits per heavy atom. The molecule has 0 aliphatic rings. The Labute approximate surface area is 508 Å². The summed E-state index contributed by atoms with van der Waals surface area (Å²) < 4.78 is 0. The van der Waals surface area contributed by atoms with Crippen LogP contribution in [0.5, 0.6) is 0 Å². The fourth-order valence-corrected chi connectivity index (χ4v) is 8.45. The van der Waals surface area contributed by atoms with Crippen LogP contribution in [-0.4, -0.2) is 190 Å². The Hall–Kier alpha value is -9.11. The standard InChI is InChI=1S/C55H87N18O15/c1-27(2)16-35(67-46(80)34(56)14-11-15-62-55(59)60)47(81)64-30(7)45(79)66-39(21-43(58)78)50(84)69-37(18-31-12-9-8-10-13-31)48(82)68-36(17-28(3)4)51(85)73-44(29(5)6)54(88)70-38(19-32-22-61-26-63-32)49(83)71-41(25-76)53(87)72-40(24-75)52(86)65-33(23-74)20-42(57)77/h8-10,12-13,22,26-30,33-41,44,75-76H,11,14-21,24-25,56H2,1-7H3,(H2,57,77)(H2,58,78)(H,61,63)(H,64,81)(H,65,86)(H,66,79)(H,67,80)(H,68,82)(H,69,84)(H,70,88)(H,71,83)(H,72,87)(H,73,85)(H4,59,60,62)/t30-,33-,34-,35-,36-,37-,38-,39-,40-,41-,44-/m0/s1. The van der Waals surface area contributed by atoms with Crippen LogP contribution in [0.15, 0.2) is 42.9 Å². The average Bonchev–Trinajstić information content (AvgIpc) is 3.46. The van der Waals surface area contributed by atoms with Crippen molar-refractivity contribution in [2.24, 2.45) is 40.7 Å². The van der Waals surface area contributed by atoms with E-state index >= 15 is 0 Å². The molecule has 33 nitrogen and oxygen atoms in total. The molecule has 88 heavy (non-hydrogen) atoms. The van der Waals surface area contributed by atoms with Crippen LogP contribution in [0.25, 0.3) is 0 Å². The fraction of sp³-hybridized carbons (Fsp3) is 0.582. The maximum Gasteiger partial charge on any atom is 0.245 e. The Bertz CT molecular complexity index is 2700. The molecule has 0 saturated heterocycles. The smallest absolute Gasteiger partial charge is 0.245 e. The molecule has 0 aliphatic carbocycles. The molecule has 2 rings (SSSR count). The summed E-state index contributed by atoms with van der Waals surface area (Å²) in [7, 11) is 0. The van der Waals surface area contributed by atoms with Gasteiger partial charge in [0.15, 0.2) is 5.96 Å². The van der Waals surface area contributed by atoms with Crippen LogP contribution in [0.1, 0.15) is 98.2 Å². The van der Waals surface area contributed by atoms with Crippen LogP contribution >= 0.6 is 0 Å². The number of rotatable bonds is 40. The van der Waals surface area contributed by atoms with Gasteiger partial charge in [-0.25, -0.2) is 4.98 Å². The Morgan fingerprint density at radius 3 is 1.50 bits per heavy atom. The lowest BCUT2D eigenvalue weighted by Crippen LogP contribution is -2.62. The lowest BCUT2D eigenvalue weighted by atomic mass is 9.98. The summed E-state index contributed by atoms with van der Waals surface area (Å²) in [5.74, 6) is -13.0. The van der Waals surface area contributed by atoms with E-state index in [0.717, 1.165) is 0 Å². The highest BCUT2D eigenvalue weighted by Crippen LogP contribution is 2.13. The first kappa shape index (κ1) is 75.0. The van der Waals surface area contributed by atoms with Crippen molar-refractivity contribution in [1.82, 2.24) is 68.5 Å². The highest BCUT2D eigenvalue weighted by molar-refractivity contribution is 6.00. The van der Waals surface area contributed by atoms with Crippen LogP contribution in [-0.2, 0) is 75.2 Å². The van der Waals surface area contributed by atoms with Crippen LogP contribution in [0.3, 0.4) is 0 Å². The zero-order valence-corrected chi connectivity index (χ0v) is 50.4. The van der Waals surface area contributed by atoms with E-state index in [9.17, 15) is 72.5 Å². The van der Waals surface area contributed by atoms with E-state index in [1.54, 1.807) is 71.9 Å². The predicted molar refractivity (Wildman–Crippen MR) is 316 cm³/mol. The molecule has 0 saturated carbocycles. The fourth-order valence-electron chi connectivity index (χ4n) is 8.45. The summed E-state index contributed by atoms with van der Waals surface area (Å²) in [6.45, 7) is 9.66. The van der Waals surface area contributed by atoms with Gasteiger partial charge in [0.1, 0.15) is 60.4 Å². The highest BCUT2D eigenvalue weighted by Gasteiger charge is 2.37. The third-order valence-corrected chi connectivity index (χ3v) is 13.1. The molecule has 33 heteroatoms. The Kier molecular flexibility index (Phi) is 32.5. The van der Waals surface area contributed by atoms with Crippen molar-refractivity contribution in [1.29, 1.82) is 5.41 Å². The van der Waals surface area contributed by atoms with Crippen molar-refractivity contribution >= 4 is 83.1 Å². The van der Waals surface area contributed by atoms with E-state index in [-0.39, 0.29) is 62.1 Å². The van der Waals surface area contributed by atoms with Gasteiger partial charge in [-0.15, -0.1) is 0 Å². The third-order valence-electron chi connectivity index (χ3n) is 13.1. The molecule has 0 spiro atoms. The van der Waals surface area contributed by atoms with Gasteiger partial charge in [-0.05, 0) is 55.9 Å². The third kappa shape index (κ3) is 27.5. The second-order valence-electron chi connectivity index (χ2n) is 22.1. The van der Waals surface area contributed by atoms with Gasteiger partial charge in [0, 0.05) is 25.6 Å². The maximum atomic E-state index is 14.5. The number of benzene rings is 1. The number of H-pyrrole nitrogens is 1. The quantitative estimate of drug-likeness (QED) is 0.0168. The zero-order chi connectivity index (χ0) is 66.4. The van der Waals surface area contributed by atoms with E-state index < -0.39 is 169 Å². The molecule has 1 aromatic heterocycles. The second-order valence-corrected chi connectivity index (χ2v) is 22.1. The summed E-state index contributed by atoms with van der Waals surface area (Å²) in [5, 5.41) is 54.3. The number of imidazole rings is 1. The molecule has 11 atom stereocenters. The zero-order valence-electron chi connectivity index (χ0n) is 50.4. The van der Waals surface area contributed by atoms with Gasteiger partial charge in [0.05, 0.1) is 44.1 Å². The number of nitrogens with zero attached hydrogens (tertiary/aromatic N) is 1. The molecule has 0 unspecified atom stereocenters. The number of aliphatic hydroxyl groups is 2. The molecule has 487 valence electrons. The first-order chi connectivity index (χ1) is 41.4. The van der Waals surface area contributed by atoms with Crippen LogP contribution in [0.4, 0.5) is 0 Å². The predicted octanol–water partition coefficient (Wildman–Crippen LogP) is -6.75. The number of aliphatic hydroxyl groups excluding tert-OH is 2. The normalized spacial score (nSPS) is 14.9. The lowest BCUT2D eigenvalue weighted by Gasteiger charge is -2.29. The van der Waals surface area contributed by atoms with Crippen molar-refractivity contribution in [2.45, 2.75) is 166 Å². The largest absolute Gasteiger partial charge is 0.394 e. The van der Waals surface area contributed by atoms with E-state index in [1.807, 2.05) is 0 Å². The number of aromatic amines is 1. The molecular weight excluding hydrogens is 1150 g/mol. The number of carbonyl (C=O) groups is 12. The minimum atomic E-state index is -1.82. The molecule has 23 N–H and O–H groups in total. The molecular formula is C55H87N18O15. The minimum Gasteiger partial charge on any atom is -0.394 e. The average molecular weight is 1240 g/mol. The maximum absolute atomic E-state index is 14.5. The molecule has 0 bridgehead atoms. The van der Waals surface area contributed by atoms with Crippen LogP contribution in [0.2, 0.25) is 0 Å². The number of hydrogen-bond donors (Lipinski definition) is 19. The van der Waals surface area contributed by atoms with Gasteiger partial charge in [-0.2, -0.15) is 0 Å². The van der Waals surface area contributed by atoms with Gasteiger partial charge in [-0.3, -0.25) is 67.7 Å². The van der Waals surface area contributed by atoms with E-state index in [1.165, 1.54) is 25.7 Å². The summed E-state index contributed by atoms with van der Waals surface area (Å²) in [6.07, 6.45) is 2.78. The van der Waals surface area contributed by atoms with Gasteiger partial charge < -0.3 is 96.6 Å². The van der Waals surface area contributed by atoms with Crippen molar-refractivity contribution in [3.63, 3.8) is 0 Å². The molecule has 1 aromatic carbocycles. The Morgan fingerprint density at radius 2 is 1.01 bits per heavy atom. The summed E-state index contributed by atoms with van der Waals surface area (Å²) in [6, 6.07) is -7.99. The van der Waals surface area contributed by atoms with Gasteiger partial charge in [-0.1, -0.05) is 71.9 Å². The molecule has 2 aromatic rings. The summed E-state index contributed by atoms with van der Waals surface area (Å²) in [5.41, 5.74) is 22.7. The summed E-state index contributed by atoms with van der Waals surface area (Å²) >= 11 is 0. The topological polar surface area (TPSA) is 551 Å². The van der Waals surface area contributed by atoms with Crippen LogP contribution in [0, 0.1) is 23.2 Å². The van der Waals surface area contributed by atoms with E-state index in [4.69, 9.17) is 28.3 Å². The van der Waals surface area contributed by atoms with Gasteiger partial charge >= 0.3 is 0 Å². The molecule has 1 radical (unpaired) electrons. The van der Waals surface area contributed by atoms with Crippen molar-refractivity contribution < 1.29 is 72.5 Å². The molecule has 12 amide bonds. The van der Waals surface area contributed by atoms with Crippen molar-refractivity contribution in [2.75, 3.05) is 19.8 Å². The first-order valence-electron chi connectivity index (χ1n) is 28.4. The number of nitrogens with one attached hydrogen (secondary N) is 13. The van der Waals surface area contributed by atoms with Crippen molar-refractivity contribution in [3.05, 3.63) is 54.1 Å². The van der Waals surface area contributed by atoms with Crippen molar-refractivity contribution in [3.8, 4) is 0 Å². The number of aromatic nitrogens is 2. The van der Waals surface area contributed by atoms with Gasteiger partial charge in [0.2, 0.25) is 77.2 Å². The van der Waals surface area contributed by atoms with Crippen LogP contribution < -0.4 is 81.4 Å². The number of primary amides is 2. The molecule has 0 aliphatic heterocycles. The number of nitrogens with two attached hydrogens (primary N) is 4. The molecule has 1 heterocycles. The lowest BCUT2D eigenvalue weighted by molar-refractivity contribution is -0.137. The summed E-state index contributed by atoms with van der Waals surface area (Å²) in [4.78, 5) is 179. The van der Waals surface area contributed by atoms with E-state index in [0.29, 0.717) is 12.0 Å². The number of hydrogen-bond acceptors (Lipinski definition) is 18. The number of carbonyl (C=O) groups excluding carboxylic acids is 13. The first-order valence-corrected chi connectivity index (χ1v) is 28.4. The number of amides is 12. The second kappa shape index (κ2) is 38.1. The van der Waals surface area contributed by atoms with Gasteiger partial charge in [0.25, 0.3) is 0 Å². The van der Waals surface area contributed by atoms with E-state index in [2.05, 4.69) is 68.5 Å². The minimum absolute atomic E-state index is 0.0362.